The summed E-state index contributed by atoms with van der Waals surface area (Å²) in [7, 11) is 0. The molecule has 0 saturated carbocycles. The normalized spacial score (nSPS) is 31.2. The van der Waals surface area contributed by atoms with Crippen LogP contribution in [-0.2, 0) is 4.74 Å². The van der Waals surface area contributed by atoms with Gasteiger partial charge in [0.05, 0.1) is 6.61 Å². The summed E-state index contributed by atoms with van der Waals surface area (Å²) in [6.07, 6.45) is -2.66. The lowest BCUT2D eigenvalue weighted by atomic mass is 10.1. The Morgan fingerprint density at radius 2 is 2.16 bits per heavy atom. The number of halogens is 1. The van der Waals surface area contributed by atoms with Gasteiger partial charge in [-0.05, 0) is 0 Å². The minimum absolute atomic E-state index is 0.149. The summed E-state index contributed by atoms with van der Waals surface area (Å²) in [5, 5.41) is 28.8. The second-order valence-electron chi connectivity index (χ2n) is 4.29. The number of H-pyrrole nitrogens is 2. The van der Waals surface area contributed by atoms with E-state index in [0.717, 1.165) is 0 Å². The van der Waals surface area contributed by atoms with Gasteiger partial charge in [-0.2, -0.15) is 4.98 Å². The number of nitrogens with one attached hydrogen (secondary N) is 2. The zero-order valence-corrected chi connectivity index (χ0v) is 10.4. The Bertz CT molecular complexity index is 606. The van der Waals surface area contributed by atoms with E-state index >= 15 is 0 Å². The number of fused-ring (bicyclic) bond motifs is 1. The molecule has 3 rings (SSSR count). The molecule has 1 fully saturated rings. The van der Waals surface area contributed by atoms with E-state index in [4.69, 9.17) is 21.4 Å². The van der Waals surface area contributed by atoms with Crippen LogP contribution in [0.3, 0.4) is 0 Å². The standard InChI is InChI=1S/C10H11ClN4O4/c11-8-4-9(13-2-12-4)15-10(14-8)7-6(18)5(17)3(1-16)19-7/h2-3,5-7,16-18H,1H2,(H,12,13,14,15)/p+1/t3-,5-,6-,7?/m1/s1. The van der Waals surface area contributed by atoms with E-state index in [2.05, 4.69) is 19.9 Å². The summed E-state index contributed by atoms with van der Waals surface area (Å²) in [5.41, 5.74) is 1.00. The van der Waals surface area contributed by atoms with Gasteiger partial charge < -0.3 is 20.1 Å². The molecule has 0 radical (unpaired) electrons. The van der Waals surface area contributed by atoms with Crippen LogP contribution in [-0.4, -0.2) is 55.2 Å². The Labute approximate surface area is 112 Å². The van der Waals surface area contributed by atoms with Crippen molar-refractivity contribution < 1.29 is 25.0 Å². The van der Waals surface area contributed by atoms with Crippen LogP contribution in [0.1, 0.15) is 11.9 Å². The van der Waals surface area contributed by atoms with Crippen molar-refractivity contribution in [2.75, 3.05) is 6.61 Å². The van der Waals surface area contributed by atoms with E-state index < -0.39 is 31.0 Å². The summed E-state index contributed by atoms with van der Waals surface area (Å²) in [6, 6.07) is 0. The number of ether oxygens (including phenoxy) is 1. The fourth-order valence-electron chi connectivity index (χ4n) is 2.10. The average molecular weight is 288 g/mol. The van der Waals surface area contributed by atoms with Crippen LogP contribution in [0.5, 0.6) is 0 Å². The van der Waals surface area contributed by atoms with Crippen LogP contribution in [0.25, 0.3) is 11.2 Å². The number of nitrogens with zero attached hydrogens (tertiary/aromatic N) is 2. The fraction of sp³-hybridized carbons (Fsp3) is 0.500. The maximum Gasteiger partial charge on any atom is 0.304 e. The van der Waals surface area contributed by atoms with Crippen LogP contribution in [0, 0.1) is 0 Å². The van der Waals surface area contributed by atoms with E-state index in [1.807, 2.05) is 0 Å². The molecule has 3 heterocycles. The van der Waals surface area contributed by atoms with E-state index in [0.29, 0.717) is 11.2 Å². The highest BCUT2D eigenvalue weighted by atomic mass is 35.5. The quantitative estimate of drug-likeness (QED) is 0.502. The third kappa shape index (κ3) is 1.97. The molecule has 2 aromatic rings. The summed E-state index contributed by atoms with van der Waals surface area (Å²) >= 11 is 5.98. The van der Waals surface area contributed by atoms with E-state index in [9.17, 15) is 10.2 Å². The molecule has 0 spiro atoms. The molecule has 19 heavy (non-hydrogen) atoms. The maximum absolute atomic E-state index is 9.90. The largest absolute Gasteiger partial charge is 0.394 e. The number of imidazole rings is 1. The van der Waals surface area contributed by atoms with Gasteiger partial charge in [0.15, 0.2) is 17.6 Å². The van der Waals surface area contributed by atoms with Crippen molar-refractivity contribution in [2.24, 2.45) is 0 Å². The third-order valence-corrected chi connectivity index (χ3v) is 3.38. The molecule has 0 aliphatic carbocycles. The highest BCUT2D eigenvalue weighted by Crippen LogP contribution is 2.32. The molecule has 1 aliphatic heterocycles. The lowest BCUT2D eigenvalue weighted by Crippen LogP contribution is -2.32. The van der Waals surface area contributed by atoms with Crippen molar-refractivity contribution >= 4 is 22.8 Å². The Morgan fingerprint density at radius 1 is 1.37 bits per heavy atom. The smallest absolute Gasteiger partial charge is 0.304 e. The first-order valence-corrected chi connectivity index (χ1v) is 6.04. The molecule has 8 nitrogen and oxygen atoms in total. The number of rotatable bonds is 2. The predicted molar refractivity (Wildman–Crippen MR) is 62.2 cm³/mol. The maximum atomic E-state index is 9.90. The van der Waals surface area contributed by atoms with Crippen molar-refractivity contribution in [2.45, 2.75) is 24.4 Å². The molecule has 0 aromatic carbocycles. The van der Waals surface area contributed by atoms with Gasteiger partial charge in [0.1, 0.15) is 18.3 Å². The predicted octanol–water partition coefficient (Wildman–Crippen LogP) is -1.42. The fourth-order valence-corrected chi connectivity index (χ4v) is 2.33. The van der Waals surface area contributed by atoms with Gasteiger partial charge in [0.2, 0.25) is 11.3 Å². The van der Waals surface area contributed by atoms with Crippen LogP contribution in [0.4, 0.5) is 0 Å². The average Bonchev–Trinajstić information content (AvgIpc) is 2.96. The molecule has 102 valence electrons. The highest BCUT2D eigenvalue weighted by Gasteiger charge is 2.46. The van der Waals surface area contributed by atoms with Crippen molar-refractivity contribution in [3.63, 3.8) is 0 Å². The molecule has 0 bridgehead atoms. The number of hydrogen-bond donors (Lipinski definition) is 4. The molecule has 4 atom stereocenters. The highest BCUT2D eigenvalue weighted by molar-refractivity contribution is 6.33. The first-order valence-electron chi connectivity index (χ1n) is 5.66. The van der Waals surface area contributed by atoms with Crippen LogP contribution in [0.15, 0.2) is 6.33 Å². The van der Waals surface area contributed by atoms with Gasteiger partial charge in [-0.3, -0.25) is 4.98 Å². The molecular formula is C10H12ClN4O4+. The SMILES string of the molecule is OC[C@H]1OC(c2nc(Cl)c3[nH]c[nH+]c3n2)[C@H](O)[C@@H]1O. The Balaban J connectivity index is 2.00. The van der Waals surface area contributed by atoms with Gasteiger partial charge in [-0.25, -0.2) is 4.98 Å². The van der Waals surface area contributed by atoms with Gasteiger partial charge in [0, 0.05) is 0 Å². The molecule has 1 aliphatic rings. The molecule has 1 saturated heterocycles. The number of aromatic amines is 2. The Morgan fingerprint density at radius 3 is 2.84 bits per heavy atom. The molecule has 9 heteroatoms. The summed E-state index contributed by atoms with van der Waals surface area (Å²) in [6.45, 7) is -0.402. The van der Waals surface area contributed by atoms with Gasteiger partial charge in [-0.1, -0.05) is 16.6 Å². The number of aromatic nitrogens is 4. The minimum atomic E-state index is -1.22. The van der Waals surface area contributed by atoms with Crippen molar-refractivity contribution in [1.29, 1.82) is 0 Å². The Hall–Kier alpha value is -1.32. The van der Waals surface area contributed by atoms with E-state index in [1.165, 1.54) is 0 Å². The first-order chi connectivity index (χ1) is 9.11. The van der Waals surface area contributed by atoms with Crippen LogP contribution >= 0.6 is 11.6 Å². The summed E-state index contributed by atoms with van der Waals surface area (Å²) in [4.78, 5) is 13.9. The molecule has 2 aromatic heterocycles. The number of aliphatic hydroxyl groups is 3. The topological polar surface area (TPSA) is 126 Å². The van der Waals surface area contributed by atoms with Crippen LogP contribution < -0.4 is 4.98 Å². The third-order valence-electron chi connectivity index (χ3n) is 3.10. The first kappa shape index (κ1) is 12.7. The number of hydrogen-bond acceptors (Lipinski definition) is 6. The van der Waals surface area contributed by atoms with Crippen molar-refractivity contribution in [3.8, 4) is 0 Å². The van der Waals surface area contributed by atoms with Crippen LogP contribution in [0.2, 0.25) is 5.15 Å². The number of aliphatic hydroxyl groups excluding tert-OH is 3. The minimum Gasteiger partial charge on any atom is -0.394 e. The van der Waals surface area contributed by atoms with Gasteiger partial charge >= 0.3 is 5.65 Å². The Kier molecular flexibility index (Phi) is 3.11. The summed E-state index contributed by atoms with van der Waals surface area (Å²) < 4.78 is 5.34. The van der Waals surface area contributed by atoms with E-state index in [1.54, 1.807) is 6.33 Å². The lowest BCUT2D eigenvalue weighted by molar-refractivity contribution is -0.347. The van der Waals surface area contributed by atoms with Gasteiger partial charge in [-0.15, -0.1) is 0 Å². The lowest BCUT2D eigenvalue weighted by Gasteiger charge is -2.10. The molecular weight excluding hydrogens is 276 g/mol. The second kappa shape index (κ2) is 4.66. The monoisotopic (exact) mass is 287 g/mol. The van der Waals surface area contributed by atoms with E-state index in [-0.39, 0.29) is 11.0 Å². The molecule has 1 unspecified atom stereocenters. The second-order valence-corrected chi connectivity index (χ2v) is 4.65. The molecule has 5 N–H and O–H groups in total. The zero-order chi connectivity index (χ0) is 13.6. The summed E-state index contributed by atoms with van der Waals surface area (Å²) in [5.74, 6) is 0.149. The van der Waals surface area contributed by atoms with Crippen molar-refractivity contribution in [3.05, 3.63) is 17.3 Å². The van der Waals surface area contributed by atoms with Gasteiger partial charge in [0.25, 0.3) is 0 Å². The zero-order valence-electron chi connectivity index (χ0n) is 9.62. The van der Waals surface area contributed by atoms with Crippen molar-refractivity contribution in [1.82, 2.24) is 15.0 Å². The molecule has 0 amide bonds.